The lowest BCUT2D eigenvalue weighted by Gasteiger charge is -2.16. The minimum atomic E-state index is -0.0132. The van der Waals surface area contributed by atoms with Crippen LogP contribution in [0.3, 0.4) is 0 Å². The standard InChI is InChI=1S/C17H20N4O2/c1-12-8-13(2)20-17(19-12)14-5-7-21(10-14)16(22)11-23-15-4-3-6-18-9-15/h3-4,6,8-9,14H,5,7,10-11H2,1-2H3. The molecule has 0 aliphatic carbocycles. The van der Waals surface area contributed by atoms with Crippen LogP contribution in [0.5, 0.6) is 5.75 Å². The first-order valence-electron chi connectivity index (χ1n) is 7.74. The highest BCUT2D eigenvalue weighted by atomic mass is 16.5. The lowest BCUT2D eigenvalue weighted by molar-refractivity contribution is -0.132. The van der Waals surface area contributed by atoms with Gasteiger partial charge in [-0.15, -0.1) is 0 Å². The minimum Gasteiger partial charge on any atom is -0.482 e. The Morgan fingerprint density at radius 2 is 2.13 bits per heavy atom. The van der Waals surface area contributed by atoms with Crippen molar-refractivity contribution in [3.63, 3.8) is 0 Å². The molecule has 3 heterocycles. The van der Waals surface area contributed by atoms with Crippen LogP contribution in [0.4, 0.5) is 0 Å². The smallest absolute Gasteiger partial charge is 0.260 e. The van der Waals surface area contributed by atoms with Crippen LogP contribution in [-0.4, -0.2) is 45.5 Å². The molecule has 3 rings (SSSR count). The van der Waals surface area contributed by atoms with Gasteiger partial charge in [-0.25, -0.2) is 9.97 Å². The Labute approximate surface area is 135 Å². The van der Waals surface area contributed by atoms with Gasteiger partial charge in [0, 0.05) is 36.6 Å². The van der Waals surface area contributed by atoms with Gasteiger partial charge in [0.25, 0.3) is 5.91 Å². The van der Waals surface area contributed by atoms with Gasteiger partial charge in [0.1, 0.15) is 11.6 Å². The van der Waals surface area contributed by atoms with E-state index in [9.17, 15) is 4.79 Å². The number of rotatable bonds is 4. The van der Waals surface area contributed by atoms with E-state index in [4.69, 9.17) is 4.74 Å². The van der Waals surface area contributed by atoms with Crippen LogP contribution >= 0.6 is 0 Å². The second kappa shape index (κ2) is 6.73. The number of hydrogen-bond donors (Lipinski definition) is 0. The maximum Gasteiger partial charge on any atom is 0.260 e. The van der Waals surface area contributed by atoms with E-state index < -0.39 is 0 Å². The van der Waals surface area contributed by atoms with Crippen molar-refractivity contribution in [1.82, 2.24) is 19.9 Å². The molecule has 6 nitrogen and oxygen atoms in total. The lowest BCUT2D eigenvalue weighted by atomic mass is 10.1. The quantitative estimate of drug-likeness (QED) is 0.862. The molecular formula is C17H20N4O2. The highest BCUT2D eigenvalue weighted by Gasteiger charge is 2.29. The summed E-state index contributed by atoms with van der Waals surface area (Å²) < 4.78 is 5.47. The Morgan fingerprint density at radius 1 is 1.35 bits per heavy atom. The number of pyridine rings is 1. The van der Waals surface area contributed by atoms with Crippen molar-refractivity contribution >= 4 is 5.91 Å². The minimum absolute atomic E-state index is 0.0132. The molecule has 1 saturated heterocycles. The van der Waals surface area contributed by atoms with Crippen LogP contribution in [0.2, 0.25) is 0 Å². The molecule has 0 spiro atoms. The summed E-state index contributed by atoms with van der Waals surface area (Å²) >= 11 is 0. The molecule has 120 valence electrons. The summed E-state index contributed by atoms with van der Waals surface area (Å²) in [5.74, 6) is 1.64. The molecule has 1 aliphatic heterocycles. The molecule has 6 heteroatoms. The van der Waals surface area contributed by atoms with Gasteiger partial charge in [0.15, 0.2) is 6.61 Å². The fourth-order valence-corrected chi connectivity index (χ4v) is 2.80. The molecule has 1 amide bonds. The molecule has 0 N–H and O–H groups in total. The van der Waals surface area contributed by atoms with Crippen LogP contribution in [0.15, 0.2) is 30.6 Å². The second-order valence-electron chi connectivity index (χ2n) is 5.81. The average molecular weight is 312 g/mol. The molecule has 1 unspecified atom stereocenters. The van der Waals surface area contributed by atoms with E-state index >= 15 is 0 Å². The van der Waals surface area contributed by atoms with Crippen molar-refractivity contribution in [2.24, 2.45) is 0 Å². The molecule has 0 saturated carbocycles. The summed E-state index contributed by atoms with van der Waals surface area (Å²) in [6, 6.07) is 5.53. The molecule has 0 radical (unpaired) electrons. The summed E-state index contributed by atoms with van der Waals surface area (Å²) in [5, 5.41) is 0. The third-order valence-corrected chi connectivity index (χ3v) is 3.90. The predicted octanol–water partition coefficient (Wildman–Crippen LogP) is 1.88. The monoisotopic (exact) mass is 312 g/mol. The fourth-order valence-electron chi connectivity index (χ4n) is 2.80. The topological polar surface area (TPSA) is 68.2 Å². The number of aromatic nitrogens is 3. The SMILES string of the molecule is Cc1cc(C)nc(C2CCN(C(=O)COc3cccnc3)C2)n1. The van der Waals surface area contributed by atoms with Gasteiger partial charge in [-0.2, -0.15) is 0 Å². The number of amides is 1. The molecule has 1 fully saturated rings. The second-order valence-corrected chi connectivity index (χ2v) is 5.81. The third-order valence-electron chi connectivity index (χ3n) is 3.90. The van der Waals surface area contributed by atoms with Crippen molar-refractivity contribution < 1.29 is 9.53 Å². The zero-order valence-corrected chi connectivity index (χ0v) is 13.4. The van der Waals surface area contributed by atoms with E-state index in [0.29, 0.717) is 12.3 Å². The van der Waals surface area contributed by atoms with E-state index in [1.165, 1.54) is 0 Å². The Morgan fingerprint density at radius 3 is 2.83 bits per heavy atom. The number of aryl methyl sites for hydroxylation is 2. The lowest BCUT2D eigenvalue weighted by Crippen LogP contribution is -2.33. The Balaban J connectivity index is 1.57. The van der Waals surface area contributed by atoms with E-state index in [1.54, 1.807) is 24.5 Å². The highest BCUT2D eigenvalue weighted by Crippen LogP contribution is 2.25. The van der Waals surface area contributed by atoms with Gasteiger partial charge in [-0.05, 0) is 38.5 Å². The fraction of sp³-hybridized carbons (Fsp3) is 0.412. The van der Waals surface area contributed by atoms with Gasteiger partial charge >= 0.3 is 0 Å². The summed E-state index contributed by atoms with van der Waals surface area (Å²) in [7, 11) is 0. The van der Waals surface area contributed by atoms with Crippen LogP contribution in [0.25, 0.3) is 0 Å². The van der Waals surface area contributed by atoms with E-state index in [2.05, 4.69) is 15.0 Å². The summed E-state index contributed by atoms with van der Waals surface area (Å²) in [5.41, 5.74) is 1.94. The van der Waals surface area contributed by atoms with Gasteiger partial charge in [0.2, 0.25) is 0 Å². The zero-order valence-electron chi connectivity index (χ0n) is 13.4. The van der Waals surface area contributed by atoms with Crippen LogP contribution in [-0.2, 0) is 4.79 Å². The predicted molar refractivity (Wildman–Crippen MR) is 85.2 cm³/mol. The van der Waals surface area contributed by atoms with Gasteiger partial charge in [-0.3, -0.25) is 9.78 Å². The van der Waals surface area contributed by atoms with Crippen molar-refractivity contribution in [3.8, 4) is 5.75 Å². The number of likely N-dealkylation sites (tertiary alicyclic amines) is 1. The molecule has 1 atom stereocenters. The molecule has 2 aromatic heterocycles. The molecule has 0 aromatic carbocycles. The van der Waals surface area contributed by atoms with Crippen molar-refractivity contribution in [2.45, 2.75) is 26.2 Å². The average Bonchev–Trinajstić information content (AvgIpc) is 3.03. The first-order valence-corrected chi connectivity index (χ1v) is 7.74. The summed E-state index contributed by atoms with van der Waals surface area (Å²) in [6.45, 7) is 5.34. The number of ether oxygens (including phenoxy) is 1. The van der Waals surface area contributed by atoms with Crippen LogP contribution in [0.1, 0.15) is 29.6 Å². The maximum atomic E-state index is 12.3. The number of carbonyl (C=O) groups is 1. The number of nitrogens with zero attached hydrogens (tertiary/aromatic N) is 4. The molecule has 0 bridgehead atoms. The normalized spacial score (nSPS) is 17.3. The van der Waals surface area contributed by atoms with Gasteiger partial charge in [-0.1, -0.05) is 0 Å². The van der Waals surface area contributed by atoms with E-state index in [1.807, 2.05) is 24.8 Å². The zero-order chi connectivity index (χ0) is 16.2. The number of hydrogen-bond acceptors (Lipinski definition) is 5. The largest absolute Gasteiger partial charge is 0.482 e. The first kappa shape index (κ1) is 15.4. The third kappa shape index (κ3) is 3.83. The van der Waals surface area contributed by atoms with Gasteiger partial charge in [0.05, 0.1) is 6.20 Å². The molecule has 2 aromatic rings. The van der Waals surface area contributed by atoms with Crippen molar-refractivity contribution in [3.05, 3.63) is 47.8 Å². The summed E-state index contributed by atoms with van der Waals surface area (Å²) in [6.07, 6.45) is 4.16. The first-order chi connectivity index (χ1) is 11.1. The molecule has 1 aliphatic rings. The van der Waals surface area contributed by atoms with Crippen molar-refractivity contribution in [1.29, 1.82) is 0 Å². The highest BCUT2D eigenvalue weighted by molar-refractivity contribution is 5.78. The van der Waals surface area contributed by atoms with Crippen molar-refractivity contribution in [2.75, 3.05) is 19.7 Å². The Hall–Kier alpha value is -2.50. The number of carbonyl (C=O) groups excluding carboxylic acids is 1. The Bertz CT molecular complexity index is 670. The van der Waals surface area contributed by atoms with E-state index in [-0.39, 0.29) is 18.4 Å². The van der Waals surface area contributed by atoms with Crippen LogP contribution < -0.4 is 4.74 Å². The maximum absolute atomic E-state index is 12.3. The Kier molecular flexibility index (Phi) is 4.50. The van der Waals surface area contributed by atoms with Gasteiger partial charge < -0.3 is 9.64 Å². The van der Waals surface area contributed by atoms with E-state index in [0.717, 1.165) is 30.2 Å². The molecule has 23 heavy (non-hydrogen) atoms. The van der Waals surface area contributed by atoms with Crippen LogP contribution in [0, 0.1) is 13.8 Å². The molecular weight excluding hydrogens is 292 g/mol. The summed E-state index contributed by atoms with van der Waals surface area (Å²) in [4.78, 5) is 27.1.